The zero-order valence-corrected chi connectivity index (χ0v) is 16.5. The quantitative estimate of drug-likeness (QED) is 0.406. The molecule has 6 heteroatoms. The molecule has 0 radical (unpaired) electrons. The second-order valence-corrected chi connectivity index (χ2v) is 6.85. The molecule has 5 nitrogen and oxygen atoms in total. The van der Waals surface area contributed by atoms with Crippen LogP contribution in [-0.2, 0) is 0 Å². The Hall–Kier alpha value is -3.93. The van der Waals surface area contributed by atoms with Gasteiger partial charge in [0, 0.05) is 28.6 Å². The van der Waals surface area contributed by atoms with Gasteiger partial charge in [0.2, 0.25) is 0 Å². The van der Waals surface area contributed by atoms with Gasteiger partial charge in [-0.2, -0.15) is 5.10 Å². The predicted molar refractivity (Wildman–Crippen MR) is 115 cm³/mol. The Balaban J connectivity index is 1.90. The van der Waals surface area contributed by atoms with E-state index in [9.17, 15) is 4.39 Å². The average molecular weight is 399 g/mol. The summed E-state index contributed by atoms with van der Waals surface area (Å²) in [6, 6.07) is 20.0. The molecule has 5 rings (SSSR count). The minimum absolute atomic E-state index is 0.286. The average Bonchev–Trinajstić information content (AvgIpc) is 3.19. The van der Waals surface area contributed by atoms with Gasteiger partial charge in [0.1, 0.15) is 11.5 Å². The molecule has 0 N–H and O–H groups in total. The first-order valence-corrected chi connectivity index (χ1v) is 9.44. The number of pyridine rings is 1. The van der Waals surface area contributed by atoms with E-state index in [0.29, 0.717) is 11.5 Å². The number of aromatic nitrogens is 3. The van der Waals surface area contributed by atoms with Crippen LogP contribution < -0.4 is 9.47 Å². The first-order valence-electron chi connectivity index (χ1n) is 9.44. The lowest BCUT2D eigenvalue weighted by molar-refractivity contribution is 0.356. The van der Waals surface area contributed by atoms with Crippen LogP contribution in [0.15, 0.2) is 72.9 Å². The molecule has 0 saturated carbocycles. The fourth-order valence-corrected chi connectivity index (χ4v) is 3.69. The zero-order chi connectivity index (χ0) is 20.7. The molecule has 30 heavy (non-hydrogen) atoms. The number of rotatable bonds is 4. The summed E-state index contributed by atoms with van der Waals surface area (Å²) in [6.45, 7) is 0. The number of hydrogen-bond acceptors (Lipinski definition) is 4. The van der Waals surface area contributed by atoms with Crippen molar-refractivity contribution in [2.45, 2.75) is 0 Å². The smallest absolute Gasteiger partial charge is 0.162 e. The van der Waals surface area contributed by atoms with Crippen LogP contribution in [0.1, 0.15) is 0 Å². The van der Waals surface area contributed by atoms with Gasteiger partial charge in [-0.3, -0.25) is 4.98 Å². The lowest BCUT2D eigenvalue weighted by Crippen LogP contribution is -1.97. The van der Waals surface area contributed by atoms with E-state index >= 15 is 0 Å². The third-order valence-electron chi connectivity index (χ3n) is 5.13. The number of para-hydroxylation sites is 1. The Kier molecular flexibility index (Phi) is 4.32. The first-order chi connectivity index (χ1) is 14.7. The molecule has 0 amide bonds. The summed E-state index contributed by atoms with van der Waals surface area (Å²) in [4.78, 5) is 4.64. The van der Waals surface area contributed by atoms with Gasteiger partial charge in [-0.05, 0) is 42.5 Å². The van der Waals surface area contributed by atoms with E-state index in [2.05, 4.69) is 4.98 Å². The number of halogens is 1. The van der Waals surface area contributed by atoms with Gasteiger partial charge in [0.05, 0.1) is 30.9 Å². The third kappa shape index (κ3) is 2.85. The van der Waals surface area contributed by atoms with Crippen molar-refractivity contribution in [2.24, 2.45) is 0 Å². The molecule has 0 aliphatic carbocycles. The Bertz CT molecular complexity index is 1360. The van der Waals surface area contributed by atoms with Gasteiger partial charge < -0.3 is 9.47 Å². The largest absolute Gasteiger partial charge is 0.493 e. The highest BCUT2D eigenvalue weighted by molar-refractivity contribution is 6.09. The Morgan fingerprint density at radius 2 is 1.53 bits per heavy atom. The number of nitrogens with zero attached hydrogens (tertiary/aromatic N) is 3. The molecule has 0 fully saturated rings. The number of ether oxygens (including phenoxy) is 2. The van der Waals surface area contributed by atoms with Crippen molar-refractivity contribution in [3.05, 3.63) is 78.7 Å². The second kappa shape index (κ2) is 7.15. The number of benzene rings is 3. The Labute approximate surface area is 172 Å². The van der Waals surface area contributed by atoms with Crippen molar-refractivity contribution in [1.29, 1.82) is 0 Å². The summed E-state index contributed by atoms with van der Waals surface area (Å²) in [5.41, 5.74) is 4.13. The van der Waals surface area contributed by atoms with Crippen LogP contribution in [0.25, 0.3) is 38.8 Å². The summed E-state index contributed by atoms with van der Waals surface area (Å²) >= 11 is 0. The normalized spacial score (nSPS) is 11.2. The van der Waals surface area contributed by atoms with Crippen LogP contribution in [0.4, 0.5) is 4.39 Å². The van der Waals surface area contributed by atoms with Gasteiger partial charge in [-0.15, -0.1) is 0 Å². The van der Waals surface area contributed by atoms with E-state index in [1.165, 1.54) is 12.1 Å². The molecule has 0 unspecified atom stereocenters. The van der Waals surface area contributed by atoms with Gasteiger partial charge >= 0.3 is 0 Å². The molecule has 0 aliphatic heterocycles. The summed E-state index contributed by atoms with van der Waals surface area (Å²) in [5, 5.41) is 6.64. The van der Waals surface area contributed by atoms with Crippen molar-refractivity contribution in [1.82, 2.24) is 14.8 Å². The fraction of sp³-hybridized carbons (Fsp3) is 0.0833. The summed E-state index contributed by atoms with van der Waals surface area (Å²) in [6.07, 6.45) is 1.80. The predicted octanol–water partition coefficient (Wildman–Crippen LogP) is 5.40. The van der Waals surface area contributed by atoms with E-state index in [4.69, 9.17) is 14.6 Å². The number of methoxy groups -OCH3 is 2. The highest BCUT2D eigenvalue weighted by Crippen LogP contribution is 2.38. The van der Waals surface area contributed by atoms with Crippen molar-refractivity contribution in [2.75, 3.05) is 14.2 Å². The standard InChI is InChI=1S/C24H18FN3O2/c1-29-21-12-18-20(13-22(21)30-2)26-14-19-23(15-8-10-16(25)11-9-15)27-28(24(18)19)17-6-4-3-5-7-17/h3-14H,1-2H3. The van der Waals surface area contributed by atoms with Crippen molar-refractivity contribution < 1.29 is 13.9 Å². The van der Waals surface area contributed by atoms with Crippen LogP contribution in [0, 0.1) is 5.82 Å². The molecule has 148 valence electrons. The van der Waals surface area contributed by atoms with Gasteiger partial charge in [0.25, 0.3) is 0 Å². The lowest BCUT2D eigenvalue weighted by atomic mass is 10.1. The molecule has 2 heterocycles. The highest BCUT2D eigenvalue weighted by atomic mass is 19.1. The molecule has 0 aliphatic rings. The molecular weight excluding hydrogens is 381 g/mol. The van der Waals surface area contributed by atoms with E-state index in [1.807, 2.05) is 47.1 Å². The number of hydrogen-bond donors (Lipinski definition) is 0. The second-order valence-electron chi connectivity index (χ2n) is 6.85. The molecule has 5 aromatic rings. The third-order valence-corrected chi connectivity index (χ3v) is 5.13. The molecular formula is C24H18FN3O2. The van der Waals surface area contributed by atoms with Crippen LogP contribution >= 0.6 is 0 Å². The number of fused-ring (bicyclic) bond motifs is 3. The van der Waals surface area contributed by atoms with Crippen LogP contribution in [-0.4, -0.2) is 29.0 Å². The highest BCUT2D eigenvalue weighted by Gasteiger charge is 2.19. The zero-order valence-electron chi connectivity index (χ0n) is 16.5. The van der Waals surface area contributed by atoms with Gasteiger partial charge in [-0.25, -0.2) is 9.07 Å². The fourth-order valence-electron chi connectivity index (χ4n) is 3.69. The van der Waals surface area contributed by atoms with E-state index in [-0.39, 0.29) is 5.82 Å². The van der Waals surface area contributed by atoms with Gasteiger partial charge in [0.15, 0.2) is 11.5 Å². The van der Waals surface area contributed by atoms with Crippen molar-refractivity contribution >= 4 is 21.8 Å². The maximum atomic E-state index is 13.5. The molecule has 3 aromatic carbocycles. The van der Waals surface area contributed by atoms with Crippen LogP contribution in [0.5, 0.6) is 11.5 Å². The SMILES string of the molecule is COc1cc2ncc3c(-c4ccc(F)cc4)nn(-c4ccccc4)c3c2cc1OC. The van der Waals surface area contributed by atoms with E-state index in [0.717, 1.165) is 38.8 Å². The molecule has 0 bridgehead atoms. The van der Waals surface area contributed by atoms with Crippen molar-refractivity contribution in [3.8, 4) is 28.4 Å². The van der Waals surface area contributed by atoms with Crippen LogP contribution in [0.3, 0.4) is 0 Å². The minimum Gasteiger partial charge on any atom is -0.493 e. The Morgan fingerprint density at radius 3 is 2.23 bits per heavy atom. The van der Waals surface area contributed by atoms with Crippen LogP contribution in [0.2, 0.25) is 0 Å². The topological polar surface area (TPSA) is 49.2 Å². The van der Waals surface area contributed by atoms with Gasteiger partial charge in [-0.1, -0.05) is 18.2 Å². The molecule has 2 aromatic heterocycles. The minimum atomic E-state index is -0.286. The summed E-state index contributed by atoms with van der Waals surface area (Å²) in [5.74, 6) is 0.941. The molecule has 0 spiro atoms. The molecule has 0 saturated heterocycles. The molecule has 0 atom stereocenters. The first kappa shape index (κ1) is 18.1. The van der Waals surface area contributed by atoms with E-state index in [1.54, 1.807) is 32.5 Å². The monoisotopic (exact) mass is 399 g/mol. The maximum absolute atomic E-state index is 13.5. The van der Waals surface area contributed by atoms with E-state index < -0.39 is 0 Å². The summed E-state index contributed by atoms with van der Waals surface area (Å²) < 4.78 is 26.3. The summed E-state index contributed by atoms with van der Waals surface area (Å²) in [7, 11) is 3.21. The lowest BCUT2D eigenvalue weighted by Gasteiger charge is -2.10. The Morgan fingerprint density at radius 1 is 0.833 bits per heavy atom. The van der Waals surface area contributed by atoms with Crippen molar-refractivity contribution in [3.63, 3.8) is 0 Å². The maximum Gasteiger partial charge on any atom is 0.162 e.